The summed E-state index contributed by atoms with van der Waals surface area (Å²) in [5.41, 5.74) is 1.66. The van der Waals surface area contributed by atoms with Gasteiger partial charge in [-0.05, 0) is 38.0 Å². The van der Waals surface area contributed by atoms with Crippen LogP contribution in [0.5, 0.6) is 0 Å². The van der Waals surface area contributed by atoms with Gasteiger partial charge in [0, 0.05) is 37.3 Å². The first kappa shape index (κ1) is 15.0. The second-order valence-electron chi connectivity index (χ2n) is 5.19. The first-order chi connectivity index (χ1) is 10.1. The van der Waals surface area contributed by atoms with E-state index in [0.29, 0.717) is 29.8 Å². The third kappa shape index (κ3) is 3.82. The normalized spacial score (nSPS) is 13.8. The molecule has 21 heavy (non-hydrogen) atoms. The number of amides is 1. The molecule has 1 amide bonds. The lowest BCUT2D eigenvalue weighted by atomic mass is 10.1. The Morgan fingerprint density at radius 1 is 1.33 bits per heavy atom. The van der Waals surface area contributed by atoms with Gasteiger partial charge < -0.3 is 10.2 Å². The van der Waals surface area contributed by atoms with E-state index in [1.54, 1.807) is 18.2 Å². The fourth-order valence-electron chi connectivity index (χ4n) is 2.50. The van der Waals surface area contributed by atoms with Crippen LogP contribution in [0.25, 0.3) is 0 Å². The lowest BCUT2D eigenvalue weighted by molar-refractivity contribution is -0.129. The van der Waals surface area contributed by atoms with Gasteiger partial charge in [0.15, 0.2) is 5.78 Å². The minimum atomic E-state index is -0.0622. The van der Waals surface area contributed by atoms with Crippen molar-refractivity contribution in [3.63, 3.8) is 0 Å². The van der Waals surface area contributed by atoms with E-state index >= 15 is 0 Å². The van der Waals surface area contributed by atoms with Crippen LogP contribution in [0.3, 0.4) is 0 Å². The molecule has 1 aromatic carbocycles. The highest BCUT2D eigenvalue weighted by Crippen LogP contribution is 2.18. The van der Waals surface area contributed by atoms with Crippen molar-refractivity contribution in [1.82, 2.24) is 4.90 Å². The Morgan fingerprint density at radius 3 is 2.67 bits per heavy atom. The lowest BCUT2D eigenvalue weighted by Crippen LogP contribution is -2.29. The number of nitriles is 1. The molecule has 0 spiro atoms. The van der Waals surface area contributed by atoms with Crippen LogP contribution < -0.4 is 5.32 Å². The van der Waals surface area contributed by atoms with E-state index in [1.807, 2.05) is 4.90 Å². The fraction of sp³-hybridized carbons (Fsp3) is 0.438. The summed E-state index contributed by atoms with van der Waals surface area (Å²) in [7, 11) is 0. The second kappa shape index (κ2) is 6.89. The summed E-state index contributed by atoms with van der Waals surface area (Å²) in [6.07, 6.45) is 2.56. The first-order valence-electron chi connectivity index (χ1n) is 7.18. The van der Waals surface area contributed by atoms with Crippen molar-refractivity contribution < 1.29 is 9.59 Å². The van der Waals surface area contributed by atoms with Crippen molar-refractivity contribution in [1.29, 1.82) is 5.26 Å². The molecule has 0 unspecified atom stereocenters. The molecule has 5 heteroatoms. The molecule has 0 saturated carbocycles. The first-order valence-corrected chi connectivity index (χ1v) is 7.18. The van der Waals surface area contributed by atoms with Crippen LogP contribution in [0.1, 0.15) is 42.1 Å². The molecule has 0 bridgehead atoms. The van der Waals surface area contributed by atoms with Crippen LogP contribution in [0.4, 0.5) is 5.69 Å². The molecule has 0 atom stereocenters. The fourth-order valence-corrected chi connectivity index (χ4v) is 2.50. The number of ketones is 1. The summed E-state index contributed by atoms with van der Waals surface area (Å²) >= 11 is 0. The highest BCUT2D eigenvalue weighted by Gasteiger charge is 2.17. The average Bonchev–Trinajstić information content (AvgIpc) is 3.01. The molecule has 110 valence electrons. The Kier molecular flexibility index (Phi) is 4.94. The average molecular weight is 285 g/mol. The van der Waals surface area contributed by atoms with Crippen molar-refractivity contribution in [2.24, 2.45) is 0 Å². The number of rotatable bonds is 5. The van der Waals surface area contributed by atoms with Gasteiger partial charge in [0.2, 0.25) is 5.91 Å². The van der Waals surface area contributed by atoms with Crippen LogP contribution in [0.2, 0.25) is 0 Å². The number of Topliss-reactive ketones (excluding diaryl/α,β-unsaturated/α-hetero) is 1. The molecular formula is C16H19N3O2. The summed E-state index contributed by atoms with van der Waals surface area (Å²) in [4.78, 5) is 25.4. The number of hydrogen-bond acceptors (Lipinski definition) is 4. The van der Waals surface area contributed by atoms with Crippen LogP contribution in [0.15, 0.2) is 18.2 Å². The Hall–Kier alpha value is -2.35. The molecule has 1 fully saturated rings. The summed E-state index contributed by atoms with van der Waals surface area (Å²) in [5.74, 6) is 0.0775. The summed E-state index contributed by atoms with van der Waals surface area (Å²) in [5, 5.41) is 12.0. The van der Waals surface area contributed by atoms with Gasteiger partial charge >= 0.3 is 0 Å². The molecule has 1 heterocycles. The summed E-state index contributed by atoms with van der Waals surface area (Å²) in [6.45, 7) is 3.65. The van der Waals surface area contributed by atoms with Gasteiger partial charge in [-0.1, -0.05) is 0 Å². The number of hydrogen-bond donors (Lipinski definition) is 1. The highest BCUT2D eigenvalue weighted by molar-refractivity contribution is 5.99. The predicted octanol–water partition coefficient (Wildman–Crippen LogP) is 2.19. The molecule has 2 rings (SSSR count). The van der Waals surface area contributed by atoms with Gasteiger partial charge in [-0.2, -0.15) is 5.26 Å². The molecule has 1 saturated heterocycles. The summed E-state index contributed by atoms with van der Waals surface area (Å²) in [6, 6.07) is 6.97. The quantitative estimate of drug-likeness (QED) is 0.842. The molecule has 1 N–H and O–H groups in total. The minimum Gasteiger partial charge on any atom is -0.384 e. The maximum absolute atomic E-state index is 11.9. The molecule has 0 aromatic heterocycles. The summed E-state index contributed by atoms with van der Waals surface area (Å²) < 4.78 is 0. The Morgan fingerprint density at radius 2 is 2.05 bits per heavy atom. The van der Waals surface area contributed by atoms with Crippen LogP contribution in [0, 0.1) is 11.3 Å². The molecule has 0 aliphatic carbocycles. The van der Waals surface area contributed by atoms with Gasteiger partial charge in [-0.3, -0.25) is 9.59 Å². The van der Waals surface area contributed by atoms with E-state index in [4.69, 9.17) is 5.26 Å². The van der Waals surface area contributed by atoms with E-state index in [1.165, 1.54) is 6.92 Å². The lowest BCUT2D eigenvalue weighted by Gasteiger charge is -2.16. The van der Waals surface area contributed by atoms with Gasteiger partial charge in [0.1, 0.15) is 0 Å². The standard InChI is InChI=1S/C16H19N3O2/c1-12(20)14-5-4-13(11-17)10-15(14)18-7-6-16(21)19-8-2-3-9-19/h4-5,10,18H,2-3,6-9H2,1H3. The molecule has 1 aliphatic rings. The molecular weight excluding hydrogens is 266 g/mol. The maximum Gasteiger partial charge on any atom is 0.224 e. The van der Waals surface area contributed by atoms with Gasteiger partial charge in [-0.25, -0.2) is 0 Å². The largest absolute Gasteiger partial charge is 0.384 e. The Bertz CT molecular complexity index is 584. The van der Waals surface area contributed by atoms with Crippen LogP contribution in [-0.4, -0.2) is 36.2 Å². The number of nitrogens with zero attached hydrogens (tertiary/aromatic N) is 2. The minimum absolute atomic E-state index is 0.0622. The second-order valence-corrected chi connectivity index (χ2v) is 5.19. The van der Waals surface area contributed by atoms with E-state index in [2.05, 4.69) is 11.4 Å². The number of nitrogens with one attached hydrogen (secondary N) is 1. The number of benzene rings is 1. The highest BCUT2D eigenvalue weighted by atomic mass is 16.2. The number of carbonyl (C=O) groups excluding carboxylic acids is 2. The van der Waals surface area contributed by atoms with E-state index < -0.39 is 0 Å². The third-order valence-electron chi connectivity index (χ3n) is 3.64. The zero-order valence-electron chi connectivity index (χ0n) is 12.2. The van der Waals surface area contributed by atoms with Crippen LogP contribution >= 0.6 is 0 Å². The number of likely N-dealkylation sites (tertiary alicyclic amines) is 1. The Balaban J connectivity index is 1.97. The monoisotopic (exact) mass is 285 g/mol. The number of carbonyl (C=O) groups is 2. The van der Waals surface area contributed by atoms with Crippen LogP contribution in [-0.2, 0) is 4.79 Å². The van der Waals surface area contributed by atoms with Crippen molar-refractivity contribution in [3.05, 3.63) is 29.3 Å². The Labute approximate surface area is 124 Å². The topological polar surface area (TPSA) is 73.2 Å². The van der Waals surface area contributed by atoms with Crippen molar-refractivity contribution >= 4 is 17.4 Å². The molecule has 0 radical (unpaired) electrons. The van der Waals surface area contributed by atoms with Gasteiger partial charge in [-0.15, -0.1) is 0 Å². The van der Waals surface area contributed by atoms with E-state index in [0.717, 1.165) is 25.9 Å². The van der Waals surface area contributed by atoms with E-state index in [-0.39, 0.29) is 11.7 Å². The zero-order chi connectivity index (χ0) is 15.2. The van der Waals surface area contributed by atoms with E-state index in [9.17, 15) is 9.59 Å². The van der Waals surface area contributed by atoms with Crippen molar-refractivity contribution in [2.75, 3.05) is 25.0 Å². The third-order valence-corrected chi connectivity index (χ3v) is 3.64. The van der Waals surface area contributed by atoms with Gasteiger partial charge in [0.05, 0.1) is 11.6 Å². The van der Waals surface area contributed by atoms with Crippen molar-refractivity contribution in [2.45, 2.75) is 26.2 Å². The maximum atomic E-state index is 11.9. The molecule has 5 nitrogen and oxygen atoms in total. The SMILES string of the molecule is CC(=O)c1ccc(C#N)cc1NCCC(=O)N1CCCC1. The van der Waals surface area contributed by atoms with Gasteiger partial charge in [0.25, 0.3) is 0 Å². The molecule has 1 aromatic rings. The predicted molar refractivity (Wildman–Crippen MR) is 80.1 cm³/mol. The van der Waals surface area contributed by atoms with Crippen molar-refractivity contribution in [3.8, 4) is 6.07 Å². The smallest absolute Gasteiger partial charge is 0.224 e. The molecule has 1 aliphatic heterocycles. The number of anilines is 1. The zero-order valence-corrected chi connectivity index (χ0v) is 12.2.